The Labute approximate surface area is 132 Å². The van der Waals surface area contributed by atoms with Crippen LogP contribution in [-0.2, 0) is 18.5 Å². The third kappa shape index (κ3) is 3.72. The van der Waals surface area contributed by atoms with E-state index in [2.05, 4.69) is 21.8 Å². The minimum Gasteiger partial charge on any atom is -0.266 e. The molecule has 22 heavy (non-hydrogen) atoms. The van der Waals surface area contributed by atoms with Gasteiger partial charge in [-0.1, -0.05) is 29.4 Å². The number of nitrogens with zero attached hydrogens (tertiary/aromatic N) is 3. The van der Waals surface area contributed by atoms with Gasteiger partial charge in [-0.15, -0.1) is 11.7 Å². The number of aromatic amines is 1. The normalized spacial score (nSPS) is 11.6. The lowest BCUT2D eigenvalue weighted by molar-refractivity contribution is -0.137. The Morgan fingerprint density at radius 1 is 1.50 bits per heavy atom. The first-order valence-electron chi connectivity index (χ1n) is 5.93. The van der Waals surface area contributed by atoms with Crippen LogP contribution in [0.3, 0.4) is 0 Å². The van der Waals surface area contributed by atoms with E-state index in [4.69, 9.17) is 11.6 Å². The van der Waals surface area contributed by atoms with Crippen molar-refractivity contribution in [2.75, 3.05) is 0 Å². The number of nitrogens with one attached hydrogen (secondary N) is 1. The van der Waals surface area contributed by atoms with Gasteiger partial charge in [-0.3, -0.25) is 9.55 Å². The Morgan fingerprint density at radius 3 is 2.82 bits per heavy atom. The predicted molar refractivity (Wildman–Crippen MR) is 76.9 cm³/mol. The maximum absolute atomic E-state index is 12.5. The Hall–Kier alpha value is -1.74. The number of halogens is 4. The molecule has 10 heteroatoms. The predicted octanol–water partition coefficient (Wildman–Crippen LogP) is 3.12. The van der Waals surface area contributed by atoms with Crippen LogP contribution in [0.1, 0.15) is 11.3 Å². The Kier molecular flexibility index (Phi) is 4.97. The van der Waals surface area contributed by atoms with Gasteiger partial charge in [0.25, 0.3) is 0 Å². The molecule has 0 spiro atoms. The molecule has 0 atom stereocenters. The highest BCUT2D eigenvalue weighted by atomic mass is 35.5. The fraction of sp³-hybridized carbons (Fsp3) is 0.250. The van der Waals surface area contributed by atoms with Crippen LogP contribution in [0.2, 0.25) is 5.02 Å². The van der Waals surface area contributed by atoms with E-state index < -0.39 is 17.4 Å². The van der Waals surface area contributed by atoms with E-state index in [0.717, 1.165) is 24.0 Å². The van der Waals surface area contributed by atoms with E-state index >= 15 is 0 Å². The lowest BCUT2D eigenvalue weighted by Crippen LogP contribution is -2.16. The van der Waals surface area contributed by atoms with Crippen LogP contribution in [0, 0.1) is 0 Å². The molecule has 0 radical (unpaired) electrons. The highest BCUT2D eigenvalue weighted by Gasteiger charge is 2.31. The van der Waals surface area contributed by atoms with Crippen molar-refractivity contribution in [1.29, 1.82) is 0 Å². The van der Waals surface area contributed by atoms with Crippen molar-refractivity contribution in [3.8, 4) is 0 Å². The first-order chi connectivity index (χ1) is 10.3. The van der Waals surface area contributed by atoms with E-state index in [9.17, 15) is 18.0 Å². The summed E-state index contributed by atoms with van der Waals surface area (Å²) in [7, 11) is 0. The maximum atomic E-state index is 12.5. The van der Waals surface area contributed by atoms with Gasteiger partial charge in [0.2, 0.25) is 0 Å². The van der Waals surface area contributed by atoms with Gasteiger partial charge in [-0.25, -0.2) is 9.89 Å². The molecule has 0 aliphatic rings. The van der Waals surface area contributed by atoms with Crippen LogP contribution in [0.25, 0.3) is 0 Å². The Bertz CT molecular complexity index is 741. The molecule has 5 nitrogen and oxygen atoms in total. The second-order valence-electron chi connectivity index (χ2n) is 4.15. The molecule has 0 fully saturated rings. The highest BCUT2D eigenvalue weighted by Crippen LogP contribution is 2.32. The number of thioether (sulfide) groups is 1. The van der Waals surface area contributed by atoms with Gasteiger partial charge < -0.3 is 0 Å². The zero-order valence-electron chi connectivity index (χ0n) is 11.0. The summed E-state index contributed by atoms with van der Waals surface area (Å²) in [5.74, 6) is 0.179. The SMILES string of the molecule is C=CCn1c(SCc2ncc(C(F)(F)F)cc2Cl)n[nH]c1=O. The van der Waals surface area contributed by atoms with Crippen molar-refractivity contribution < 1.29 is 13.2 Å². The zero-order valence-corrected chi connectivity index (χ0v) is 12.6. The number of hydrogen-bond acceptors (Lipinski definition) is 4. The second kappa shape index (κ2) is 6.57. The number of alkyl halides is 3. The number of rotatable bonds is 5. The van der Waals surface area contributed by atoms with E-state index in [1.165, 1.54) is 10.6 Å². The van der Waals surface area contributed by atoms with Crippen molar-refractivity contribution in [2.24, 2.45) is 0 Å². The number of hydrogen-bond donors (Lipinski definition) is 1. The number of allylic oxidation sites excluding steroid dienone is 1. The molecule has 118 valence electrons. The van der Waals surface area contributed by atoms with Gasteiger partial charge in [0.15, 0.2) is 5.16 Å². The molecule has 2 aromatic rings. The van der Waals surface area contributed by atoms with E-state index in [1.807, 2.05) is 0 Å². The van der Waals surface area contributed by atoms with Crippen LogP contribution in [0.5, 0.6) is 0 Å². The molecule has 0 aliphatic carbocycles. The van der Waals surface area contributed by atoms with Gasteiger partial charge in [0.1, 0.15) is 0 Å². The molecule has 2 rings (SSSR count). The summed E-state index contributed by atoms with van der Waals surface area (Å²) >= 11 is 6.95. The quantitative estimate of drug-likeness (QED) is 0.664. The number of pyridine rings is 1. The summed E-state index contributed by atoms with van der Waals surface area (Å²) in [6.07, 6.45) is -2.23. The monoisotopic (exact) mass is 350 g/mol. The Morgan fingerprint density at radius 2 is 2.23 bits per heavy atom. The molecule has 0 bridgehead atoms. The average molecular weight is 351 g/mol. The highest BCUT2D eigenvalue weighted by molar-refractivity contribution is 7.98. The lowest BCUT2D eigenvalue weighted by atomic mass is 10.2. The van der Waals surface area contributed by atoms with Crippen LogP contribution in [0.15, 0.2) is 34.9 Å². The summed E-state index contributed by atoms with van der Waals surface area (Å²) in [5, 5.41) is 6.40. The largest absolute Gasteiger partial charge is 0.417 e. The standard InChI is InChI=1S/C12H10ClF3N4OS/c1-2-3-20-10(21)18-19-11(20)22-6-9-8(13)4-7(5-17-9)12(14,15)16/h2,4-5H,1,3,6H2,(H,18,21). The van der Waals surface area contributed by atoms with Crippen LogP contribution in [-0.4, -0.2) is 19.7 Å². The Balaban J connectivity index is 2.16. The molecule has 2 heterocycles. The molecule has 0 saturated carbocycles. The lowest BCUT2D eigenvalue weighted by Gasteiger charge is -2.09. The van der Waals surface area contributed by atoms with Crippen molar-refractivity contribution >= 4 is 23.4 Å². The fourth-order valence-electron chi connectivity index (χ4n) is 1.56. The summed E-state index contributed by atoms with van der Waals surface area (Å²) < 4.78 is 38.9. The minimum absolute atomic E-state index is 0.0875. The summed E-state index contributed by atoms with van der Waals surface area (Å²) in [6.45, 7) is 3.80. The average Bonchev–Trinajstić information content (AvgIpc) is 2.78. The van der Waals surface area contributed by atoms with E-state index in [-0.39, 0.29) is 23.0 Å². The summed E-state index contributed by atoms with van der Waals surface area (Å²) in [5.41, 5.74) is -1.02. The molecule has 0 saturated heterocycles. The minimum atomic E-state index is -4.49. The summed E-state index contributed by atoms with van der Waals surface area (Å²) in [4.78, 5) is 15.2. The third-order valence-corrected chi connectivity index (χ3v) is 3.93. The smallest absolute Gasteiger partial charge is 0.266 e. The van der Waals surface area contributed by atoms with Crippen molar-refractivity contribution in [1.82, 2.24) is 19.7 Å². The van der Waals surface area contributed by atoms with Gasteiger partial charge in [-0.05, 0) is 6.07 Å². The van der Waals surface area contributed by atoms with Crippen LogP contribution < -0.4 is 5.69 Å². The topological polar surface area (TPSA) is 63.6 Å². The zero-order chi connectivity index (χ0) is 16.3. The number of aromatic nitrogens is 4. The second-order valence-corrected chi connectivity index (χ2v) is 5.50. The molecule has 0 aromatic carbocycles. The third-order valence-electron chi connectivity index (χ3n) is 2.62. The van der Waals surface area contributed by atoms with Gasteiger partial charge in [-0.2, -0.15) is 13.2 Å². The number of H-pyrrole nitrogens is 1. The molecule has 2 aromatic heterocycles. The van der Waals surface area contributed by atoms with Crippen LogP contribution in [0.4, 0.5) is 13.2 Å². The first kappa shape index (κ1) is 16.6. The molecular weight excluding hydrogens is 341 g/mol. The van der Waals surface area contributed by atoms with Gasteiger partial charge in [0.05, 0.1) is 16.3 Å². The molecular formula is C12H10ClF3N4OS. The molecule has 0 unspecified atom stereocenters. The first-order valence-corrected chi connectivity index (χ1v) is 7.29. The van der Waals surface area contributed by atoms with Crippen molar-refractivity contribution in [3.63, 3.8) is 0 Å². The molecule has 0 aliphatic heterocycles. The molecule has 1 N–H and O–H groups in total. The summed E-state index contributed by atoms with van der Waals surface area (Å²) in [6, 6.07) is 0.825. The van der Waals surface area contributed by atoms with Crippen molar-refractivity contribution in [2.45, 2.75) is 23.6 Å². The van der Waals surface area contributed by atoms with Gasteiger partial charge in [0, 0.05) is 18.5 Å². The van der Waals surface area contributed by atoms with Gasteiger partial charge >= 0.3 is 11.9 Å². The van der Waals surface area contributed by atoms with E-state index in [0.29, 0.717) is 5.16 Å². The van der Waals surface area contributed by atoms with Crippen LogP contribution >= 0.6 is 23.4 Å². The van der Waals surface area contributed by atoms with Crippen molar-refractivity contribution in [3.05, 3.63) is 51.7 Å². The van der Waals surface area contributed by atoms with E-state index in [1.54, 1.807) is 0 Å². The fourth-order valence-corrected chi connectivity index (χ4v) is 2.80. The molecule has 0 amide bonds. The maximum Gasteiger partial charge on any atom is 0.417 e.